The van der Waals surface area contributed by atoms with Gasteiger partial charge in [0.15, 0.2) is 11.6 Å². The minimum Gasteiger partial charge on any atom is -0.483 e. The van der Waals surface area contributed by atoms with Gasteiger partial charge in [0, 0.05) is 30.8 Å². The SMILES string of the molecule is CCn1cc(-n2ccc(=O)c(Cc3cccc(-c4ncc(OC5CN(C(=O)O)C5)cn4)c3)n2)cn1. The third-order valence-corrected chi connectivity index (χ3v) is 5.69. The first-order valence-corrected chi connectivity index (χ1v) is 11.2. The number of carboxylic acid groups (broad SMARTS) is 1. The van der Waals surface area contributed by atoms with E-state index in [1.54, 1.807) is 34.2 Å². The molecule has 11 nitrogen and oxygen atoms in total. The molecule has 0 unspecified atom stereocenters. The summed E-state index contributed by atoms with van der Waals surface area (Å²) in [5, 5.41) is 17.7. The second-order valence-corrected chi connectivity index (χ2v) is 8.17. The average Bonchev–Trinajstić information content (AvgIpc) is 3.32. The van der Waals surface area contributed by atoms with Crippen LogP contribution in [-0.4, -0.2) is 64.8 Å². The highest BCUT2D eigenvalue weighted by Gasteiger charge is 2.32. The Morgan fingerprint density at radius 2 is 1.97 bits per heavy atom. The van der Waals surface area contributed by atoms with E-state index in [0.717, 1.165) is 23.4 Å². The zero-order valence-electron chi connectivity index (χ0n) is 19.0. The van der Waals surface area contributed by atoms with Crippen LogP contribution in [0.1, 0.15) is 18.2 Å². The molecule has 0 spiro atoms. The van der Waals surface area contributed by atoms with E-state index >= 15 is 0 Å². The third kappa shape index (κ3) is 4.88. The predicted octanol–water partition coefficient (Wildman–Crippen LogP) is 2.24. The van der Waals surface area contributed by atoms with Crippen LogP contribution in [0.3, 0.4) is 0 Å². The fraction of sp³-hybridized carbons (Fsp3) is 0.250. The lowest BCUT2D eigenvalue weighted by Crippen LogP contribution is -2.55. The molecule has 0 aliphatic carbocycles. The number of benzene rings is 1. The van der Waals surface area contributed by atoms with Gasteiger partial charge in [0.05, 0.1) is 37.9 Å². The topological polar surface area (TPSA) is 128 Å². The molecule has 35 heavy (non-hydrogen) atoms. The van der Waals surface area contributed by atoms with Gasteiger partial charge in [-0.1, -0.05) is 18.2 Å². The van der Waals surface area contributed by atoms with Gasteiger partial charge in [-0.25, -0.2) is 19.4 Å². The molecular weight excluding hydrogens is 450 g/mol. The van der Waals surface area contributed by atoms with Gasteiger partial charge >= 0.3 is 6.09 Å². The second-order valence-electron chi connectivity index (χ2n) is 8.17. The largest absolute Gasteiger partial charge is 0.483 e. The average molecular weight is 473 g/mol. The van der Waals surface area contributed by atoms with E-state index in [-0.39, 0.29) is 11.5 Å². The highest BCUT2D eigenvalue weighted by Crippen LogP contribution is 2.21. The first-order chi connectivity index (χ1) is 17.0. The van der Waals surface area contributed by atoms with Gasteiger partial charge in [-0.3, -0.25) is 9.48 Å². The second kappa shape index (κ2) is 9.37. The molecule has 1 N–H and O–H groups in total. The molecular formula is C24H23N7O4. The first kappa shape index (κ1) is 22.3. The number of ether oxygens (including phenoxy) is 1. The van der Waals surface area contributed by atoms with Crippen molar-refractivity contribution in [2.45, 2.75) is 26.0 Å². The fourth-order valence-electron chi connectivity index (χ4n) is 3.76. The summed E-state index contributed by atoms with van der Waals surface area (Å²) in [4.78, 5) is 33.4. The Morgan fingerprint density at radius 1 is 1.17 bits per heavy atom. The van der Waals surface area contributed by atoms with Crippen molar-refractivity contribution < 1.29 is 14.6 Å². The molecule has 1 aliphatic heterocycles. The summed E-state index contributed by atoms with van der Waals surface area (Å²) in [5.41, 5.74) is 2.78. The Morgan fingerprint density at radius 3 is 2.69 bits per heavy atom. The minimum atomic E-state index is -0.950. The number of amides is 1. The summed E-state index contributed by atoms with van der Waals surface area (Å²) in [6.07, 6.45) is 7.59. The summed E-state index contributed by atoms with van der Waals surface area (Å²) in [6.45, 7) is 3.41. The number of hydrogen-bond acceptors (Lipinski definition) is 7. The molecule has 0 bridgehead atoms. The number of carbonyl (C=O) groups is 1. The van der Waals surface area contributed by atoms with E-state index in [9.17, 15) is 9.59 Å². The first-order valence-electron chi connectivity index (χ1n) is 11.2. The van der Waals surface area contributed by atoms with Crippen LogP contribution < -0.4 is 10.2 Å². The lowest BCUT2D eigenvalue weighted by Gasteiger charge is -2.36. The van der Waals surface area contributed by atoms with Crippen LogP contribution in [-0.2, 0) is 13.0 Å². The van der Waals surface area contributed by atoms with Crippen molar-refractivity contribution in [2.24, 2.45) is 0 Å². The molecule has 11 heteroatoms. The zero-order valence-corrected chi connectivity index (χ0v) is 19.0. The molecule has 1 aromatic carbocycles. The van der Waals surface area contributed by atoms with Crippen molar-refractivity contribution >= 4 is 6.09 Å². The highest BCUT2D eigenvalue weighted by atomic mass is 16.5. The van der Waals surface area contributed by atoms with Crippen LogP contribution in [0.4, 0.5) is 4.79 Å². The number of likely N-dealkylation sites (tertiary alicyclic amines) is 1. The van der Waals surface area contributed by atoms with Gasteiger partial charge in [-0.15, -0.1) is 0 Å². The Hall–Kier alpha value is -4.54. The molecule has 0 radical (unpaired) electrons. The zero-order chi connectivity index (χ0) is 24.4. The summed E-state index contributed by atoms with van der Waals surface area (Å²) in [6, 6.07) is 9.15. The van der Waals surface area contributed by atoms with E-state index in [4.69, 9.17) is 9.84 Å². The molecule has 4 heterocycles. The van der Waals surface area contributed by atoms with Gasteiger partial charge in [0.2, 0.25) is 5.43 Å². The summed E-state index contributed by atoms with van der Waals surface area (Å²) < 4.78 is 9.16. The Labute approximate surface area is 200 Å². The summed E-state index contributed by atoms with van der Waals surface area (Å²) in [7, 11) is 0. The van der Waals surface area contributed by atoms with Gasteiger partial charge in [-0.2, -0.15) is 10.2 Å². The quantitative estimate of drug-likeness (QED) is 0.433. The van der Waals surface area contributed by atoms with E-state index in [1.807, 2.05) is 37.4 Å². The van der Waals surface area contributed by atoms with Crippen LogP contribution in [0.2, 0.25) is 0 Å². The monoisotopic (exact) mass is 473 g/mol. The maximum Gasteiger partial charge on any atom is 0.407 e. The number of hydrogen-bond donors (Lipinski definition) is 1. The van der Waals surface area contributed by atoms with Gasteiger partial charge in [-0.05, 0) is 18.6 Å². The maximum absolute atomic E-state index is 12.5. The van der Waals surface area contributed by atoms with Crippen LogP contribution in [0.15, 0.2) is 66.1 Å². The number of rotatable bonds is 7. The van der Waals surface area contributed by atoms with Crippen molar-refractivity contribution in [1.29, 1.82) is 0 Å². The van der Waals surface area contributed by atoms with E-state index in [1.165, 1.54) is 11.0 Å². The number of aromatic nitrogens is 6. The van der Waals surface area contributed by atoms with Gasteiger partial charge in [0.25, 0.3) is 0 Å². The normalized spacial score (nSPS) is 13.5. The molecule has 1 fully saturated rings. The van der Waals surface area contributed by atoms with Crippen molar-refractivity contribution in [1.82, 2.24) is 34.4 Å². The van der Waals surface area contributed by atoms with Crippen molar-refractivity contribution in [3.63, 3.8) is 0 Å². The van der Waals surface area contributed by atoms with Crippen LogP contribution in [0.25, 0.3) is 17.1 Å². The lowest BCUT2D eigenvalue weighted by molar-refractivity contribution is 0.0248. The molecule has 5 rings (SSSR count). The van der Waals surface area contributed by atoms with Crippen molar-refractivity contribution in [2.75, 3.05) is 13.1 Å². The molecule has 1 amide bonds. The molecule has 1 aliphatic rings. The maximum atomic E-state index is 12.5. The molecule has 0 saturated carbocycles. The van der Waals surface area contributed by atoms with E-state index in [0.29, 0.717) is 36.8 Å². The van der Waals surface area contributed by atoms with Crippen molar-refractivity contribution in [3.05, 3.63) is 82.8 Å². The van der Waals surface area contributed by atoms with Crippen LogP contribution in [0.5, 0.6) is 5.75 Å². The lowest BCUT2D eigenvalue weighted by atomic mass is 10.1. The smallest absolute Gasteiger partial charge is 0.407 e. The molecule has 178 valence electrons. The molecule has 0 atom stereocenters. The van der Waals surface area contributed by atoms with Crippen molar-refractivity contribution in [3.8, 4) is 22.8 Å². The van der Waals surface area contributed by atoms with Gasteiger partial charge < -0.3 is 14.7 Å². The number of aryl methyl sites for hydroxylation is 1. The molecule has 3 aromatic heterocycles. The Balaban J connectivity index is 1.29. The minimum absolute atomic E-state index is 0.134. The Kier molecular flexibility index (Phi) is 5.96. The predicted molar refractivity (Wildman–Crippen MR) is 126 cm³/mol. The van der Waals surface area contributed by atoms with Crippen LogP contribution in [0, 0.1) is 0 Å². The van der Waals surface area contributed by atoms with E-state index in [2.05, 4.69) is 20.2 Å². The highest BCUT2D eigenvalue weighted by molar-refractivity contribution is 5.66. The fourth-order valence-corrected chi connectivity index (χ4v) is 3.76. The van der Waals surface area contributed by atoms with Gasteiger partial charge in [0.1, 0.15) is 17.5 Å². The van der Waals surface area contributed by atoms with E-state index < -0.39 is 6.09 Å². The standard InChI is InChI=1S/C24H23N7O4/c1-2-30-13-18(10-27-30)31-7-6-22(32)21(28-31)9-16-4-3-5-17(8-16)23-25-11-19(12-26-23)35-20-14-29(15-20)24(33)34/h3-8,10-13,20H,2,9,14-15H2,1H3,(H,33,34). The van der Waals surface area contributed by atoms with Crippen LogP contribution >= 0.6 is 0 Å². The summed E-state index contributed by atoms with van der Waals surface area (Å²) in [5.74, 6) is 1.01. The third-order valence-electron chi connectivity index (χ3n) is 5.69. The Bertz CT molecular complexity index is 1410. The molecule has 4 aromatic rings. The number of nitrogens with zero attached hydrogens (tertiary/aromatic N) is 7. The summed E-state index contributed by atoms with van der Waals surface area (Å²) >= 11 is 0. The molecule has 1 saturated heterocycles.